The Morgan fingerprint density at radius 3 is 2.00 bits per heavy atom. The molecule has 0 saturated carbocycles. The van der Waals surface area contributed by atoms with E-state index in [2.05, 4.69) is 13.2 Å². The van der Waals surface area contributed by atoms with Crippen LogP contribution in [0.2, 0.25) is 0 Å². The van der Waals surface area contributed by atoms with E-state index in [0.717, 1.165) is 0 Å². The summed E-state index contributed by atoms with van der Waals surface area (Å²) in [4.78, 5) is 0. The van der Waals surface area contributed by atoms with E-state index in [1.807, 2.05) is 0 Å². The zero-order chi connectivity index (χ0) is 6.57. The van der Waals surface area contributed by atoms with Crippen molar-refractivity contribution in [3.63, 3.8) is 0 Å². The van der Waals surface area contributed by atoms with Gasteiger partial charge in [0.1, 0.15) is 0 Å². The van der Waals surface area contributed by atoms with E-state index < -0.39 is 0 Å². The summed E-state index contributed by atoms with van der Waals surface area (Å²) in [6.07, 6.45) is 2.31. The summed E-state index contributed by atoms with van der Waals surface area (Å²) in [6.45, 7) is 6.90. The van der Waals surface area contributed by atoms with Crippen molar-refractivity contribution in [2.45, 2.75) is 6.42 Å². The largest absolute Gasteiger partial charge is 0.0898 e. The van der Waals surface area contributed by atoms with Gasteiger partial charge in [-0.15, -0.1) is 0 Å². The first-order chi connectivity index (χ1) is 3.63. The summed E-state index contributed by atoms with van der Waals surface area (Å²) in [7, 11) is 0. The molecule has 0 aliphatic carbocycles. The molecule has 0 nitrogen and oxygen atoms in total. The number of hydrogen-bond donors (Lipinski definition) is 0. The van der Waals surface area contributed by atoms with Crippen molar-refractivity contribution in [1.29, 1.82) is 0 Å². The van der Waals surface area contributed by atoms with Crippen LogP contribution < -0.4 is 0 Å². The Morgan fingerprint density at radius 1 is 1.38 bits per heavy atom. The lowest BCUT2D eigenvalue weighted by atomic mass is 10.3. The summed E-state index contributed by atoms with van der Waals surface area (Å²) >= 11 is 10.8. The van der Waals surface area contributed by atoms with Crippen molar-refractivity contribution < 1.29 is 0 Å². The lowest BCUT2D eigenvalue weighted by molar-refractivity contribution is 1.26. The molecule has 0 saturated heterocycles. The molecule has 0 heterocycles. The van der Waals surface area contributed by atoms with Gasteiger partial charge in [0.25, 0.3) is 0 Å². The number of hydrogen-bond acceptors (Lipinski definition) is 0. The van der Waals surface area contributed by atoms with Gasteiger partial charge in [-0.1, -0.05) is 36.4 Å². The quantitative estimate of drug-likeness (QED) is 0.579. The second-order valence-electron chi connectivity index (χ2n) is 1.37. The fourth-order valence-electron chi connectivity index (χ4n) is 0.221. The number of halogens is 2. The molecule has 0 atom stereocenters. The maximum Gasteiger partial charge on any atom is 0.0150 e. The van der Waals surface area contributed by atoms with Crippen LogP contribution in [0.4, 0.5) is 0 Å². The summed E-state index contributed by atoms with van der Waals surface area (Å²) in [5.41, 5.74) is 0. The molecule has 8 heavy (non-hydrogen) atoms. The normalized spacial score (nSPS) is 8.75. The highest BCUT2D eigenvalue weighted by molar-refractivity contribution is 6.31. The second kappa shape index (κ2) is 3.99. The standard InChI is InChI=1S/C6H7Cl2/c1-5(7)3-4-6(2)8/h3H,1-2,4H2. The molecule has 0 aliphatic rings. The predicted octanol–water partition coefficient (Wildman–Crippen LogP) is 3.09. The maximum atomic E-state index is 5.40. The molecule has 0 aromatic rings. The molecule has 0 fully saturated rings. The zero-order valence-corrected chi connectivity index (χ0v) is 5.97. The van der Waals surface area contributed by atoms with E-state index in [1.165, 1.54) is 0 Å². The fourth-order valence-corrected chi connectivity index (χ4v) is 0.376. The monoisotopic (exact) mass is 149 g/mol. The number of allylic oxidation sites excluding steroid dienone is 2. The SMILES string of the molecule is C=C(Cl)[CH]CC(=C)Cl. The predicted molar refractivity (Wildman–Crippen MR) is 38.9 cm³/mol. The molecule has 0 amide bonds. The Balaban J connectivity index is 3.18. The van der Waals surface area contributed by atoms with Crippen LogP contribution in [0.25, 0.3) is 0 Å². The summed E-state index contributed by atoms with van der Waals surface area (Å²) < 4.78 is 0. The van der Waals surface area contributed by atoms with Gasteiger partial charge in [-0.2, -0.15) is 0 Å². The average Bonchev–Trinajstić information content (AvgIpc) is 1.61. The zero-order valence-electron chi connectivity index (χ0n) is 4.45. The average molecular weight is 150 g/mol. The summed E-state index contributed by atoms with van der Waals surface area (Å²) in [5, 5.41) is 1.08. The molecular formula is C6H7Cl2. The van der Waals surface area contributed by atoms with Crippen LogP contribution in [0, 0.1) is 6.42 Å². The third-order valence-electron chi connectivity index (χ3n) is 0.545. The van der Waals surface area contributed by atoms with Crippen molar-refractivity contribution >= 4 is 23.2 Å². The van der Waals surface area contributed by atoms with Gasteiger partial charge in [-0.3, -0.25) is 0 Å². The Labute approximate surface area is 59.8 Å². The highest BCUT2D eigenvalue weighted by atomic mass is 35.5. The molecule has 1 radical (unpaired) electrons. The lowest BCUT2D eigenvalue weighted by Crippen LogP contribution is -1.72. The van der Waals surface area contributed by atoms with Gasteiger partial charge in [0, 0.05) is 16.5 Å². The topological polar surface area (TPSA) is 0 Å². The minimum Gasteiger partial charge on any atom is -0.0898 e. The molecule has 2 heteroatoms. The van der Waals surface area contributed by atoms with Crippen LogP contribution in [0.1, 0.15) is 6.42 Å². The third-order valence-corrected chi connectivity index (χ3v) is 0.854. The third kappa shape index (κ3) is 6.06. The molecule has 0 spiro atoms. The van der Waals surface area contributed by atoms with Crippen molar-refractivity contribution in [3.8, 4) is 0 Å². The molecule has 0 aromatic carbocycles. The summed E-state index contributed by atoms with van der Waals surface area (Å²) in [6, 6.07) is 0. The van der Waals surface area contributed by atoms with E-state index in [1.54, 1.807) is 6.42 Å². The van der Waals surface area contributed by atoms with E-state index >= 15 is 0 Å². The molecule has 0 unspecified atom stereocenters. The van der Waals surface area contributed by atoms with E-state index in [9.17, 15) is 0 Å². The van der Waals surface area contributed by atoms with Gasteiger partial charge in [0.05, 0.1) is 0 Å². The van der Waals surface area contributed by atoms with Crippen LogP contribution in [0.5, 0.6) is 0 Å². The molecule has 0 rings (SSSR count). The van der Waals surface area contributed by atoms with Crippen LogP contribution in [0.3, 0.4) is 0 Å². The lowest BCUT2D eigenvalue weighted by Gasteiger charge is -1.91. The molecular weight excluding hydrogens is 143 g/mol. The molecule has 0 aromatic heterocycles. The first kappa shape index (κ1) is 8.06. The van der Waals surface area contributed by atoms with Crippen molar-refractivity contribution in [1.82, 2.24) is 0 Å². The maximum absolute atomic E-state index is 5.40. The van der Waals surface area contributed by atoms with Crippen LogP contribution >= 0.6 is 23.2 Å². The van der Waals surface area contributed by atoms with Crippen LogP contribution in [0.15, 0.2) is 23.2 Å². The Hall–Kier alpha value is 0.0600. The van der Waals surface area contributed by atoms with Crippen molar-refractivity contribution in [2.75, 3.05) is 0 Å². The number of rotatable bonds is 3. The van der Waals surface area contributed by atoms with Gasteiger partial charge in [0.15, 0.2) is 0 Å². The first-order valence-corrected chi connectivity index (χ1v) is 2.89. The second-order valence-corrected chi connectivity index (χ2v) is 2.39. The molecule has 0 aliphatic heterocycles. The van der Waals surface area contributed by atoms with E-state index in [-0.39, 0.29) is 0 Å². The highest BCUT2D eigenvalue weighted by Gasteiger charge is 1.90. The smallest absolute Gasteiger partial charge is 0.0150 e. The van der Waals surface area contributed by atoms with Gasteiger partial charge in [-0.25, -0.2) is 0 Å². The fraction of sp³-hybridized carbons (Fsp3) is 0.167. The molecule has 0 N–H and O–H groups in total. The van der Waals surface area contributed by atoms with Crippen LogP contribution in [-0.4, -0.2) is 0 Å². The van der Waals surface area contributed by atoms with Gasteiger partial charge < -0.3 is 0 Å². The minimum atomic E-state index is 0.506. The highest BCUT2D eigenvalue weighted by Crippen LogP contribution is 2.12. The Morgan fingerprint density at radius 2 is 1.88 bits per heavy atom. The van der Waals surface area contributed by atoms with Gasteiger partial charge in [-0.05, 0) is 6.42 Å². The first-order valence-electron chi connectivity index (χ1n) is 2.14. The Bertz CT molecular complexity index is 91.1. The van der Waals surface area contributed by atoms with Gasteiger partial charge >= 0.3 is 0 Å². The van der Waals surface area contributed by atoms with Crippen molar-refractivity contribution in [3.05, 3.63) is 29.6 Å². The summed E-state index contributed by atoms with van der Waals surface area (Å²) in [5.74, 6) is 0. The minimum absolute atomic E-state index is 0.506. The van der Waals surface area contributed by atoms with Gasteiger partial charge in [0.2, 0.25) is 0 Å². The van der Waals surface area contributed by atoms with E-state index in [0.29, 0.717) is 16.5 Å². The Kier molecular flexibility index (Phi) is 4.02. The van der Waals surface area contributed by atoms with Crippen molar-refractivity contribution in [2.24, 2.45) is 0 Å². The molecule has 0 bridgehead atoms. The molecule has 45 valence electrons. The van der Waals surface area contributed by atoms with Crippen LogP contribution in [-0.2, 0) is 0 Å². The van der Waals surface area contributed by atoms with E-state index in [4.69, 9.17) is 23.2 Å².